The van der Waals surface area contributed by atoms with Crippen LogP contribution in [0.5, 0.6) is 0 Å². The highest BCUT2D eigenvalue weighted by Crippen LogP contribution is 2.24. The number of piperidine rings is 1. The summed E-state index contributed by atoms with van der Waals surface area (Å²) in [5.74, 6) is -0.116. The van der Waals surface area contributed by atoms with Crippen molar-refractivity contribution in [2.45, 2.75) is 25.8 Å². The summed E-state index contributed by atoms with van der Waals surface area (Å²) in [6, 6.07) is 2.24. The minimum absolute atomic E-state index is 0.0199. The molecule has 22 heavy (non-hydrogen) atoms. The molecule has 2 fully saturated rings. The van der Waals surface area contributed by atoms with Gasteiger partial charge in [0, 0.05) is 32.1 Å². The molecule has 2 aliphatic heterocycles. The molecular formula is C15H23N5O2. The summed E-state index contributed by atoms with van der Waals surface area (Å²) in [6.07, 6.45) is 1.67. The lowest BCUT2D eigenvalue weighted by Crippen LogP contribution is -2.62. The van der Waals surface area contributed by atoms with Crippen molar-refractivity contribution in [2.75, 3.05) is 26.2 Å². The summed E-state index contributed by atoms with van der Waals surface area (Å²) in [7, 11) is 1.80. The number of aromatic nitrogens is 2. The Morgan fingerprint density at radius 2 is 1.91 bits per heavy atom. The molecule has 0 spiro atoms. The highest BCUT2D eigenvalue weighted by Gasteiger charge is 2.37. The predicted molar refractivity (Wildman–Crippen MR) is 81.1 cm³/mol. The number of carbonyl (C=O) groups is 2. The third-order valence-electron chi connectivity index (χ3n) is 4.82. The van der Waals surface area contributed by atoms with E-state index < -0.39 is 0 Å². The molecule has 0 radical (unpaired) electrons. The zero-order valence-corrected chi connectivity index (χ0v) is 13.2. The van der Waals surface area contributed by atoms with Gasteiger partial charge in [0.15, 0.2) is 0 Å². The van der Waals surface area contributed by atoms with Gasteiger partial charge in [-0.25, -0.2) is 0 Å². The standard InChI is InChI=1S/C15H23N5O2/c1-10-7-13(18(2)17-10)15(22)20-8-12(9-20)19-5-3-11(4-6-19)14(16)21/h7,11-12H,3-6,8-9H2,1-2H3,(H2,16,21). The number of likely N-dealkylation sites (tertiary alicyclic amines) is 2. The van der Waals surface area contributed by atoms with Crippen molar-refractivity contribution in [1.82, 2.24) is 19.6 Å². The number of hydrogen-bond acceptors (Lipinski definition) is 4. The fourth-order valence-corrected chi connectivity index (χ4v) is 3.37. The lowest BCUT2D eigenvalue weighted by Gasteiger charge is -2.47. The Hall–Kier alpha value is -1.89. The average molecular weight is 305 g/mol. The van der Waals surface area contributed by atoms with Crippen molar-refractivity contribution in [2.24, 2.45) is 18.7 Å². The quantitative estimate of drug-likeness (QED) is 0.834. The summed E-state index contributed by atoms with van der Waals surface area (Å²) in [5, 5.41) is 4.22. The number of nitrogens with two attached hydrogens (primary N) is 1. The van der Waals surface area contributed by atoms with E-state index in [0.29, 0.717) is 11.7 Å². The Labute approximate surface area is 130 Å². The van der Waals surface area contributed by atoms with Crippen LogP contribution in [0.4, 0.5) is 0 Å². The van der Waals surface area contributed by atoms with Gasteiger partial charge in [0.25, 0.3) is 5.91 Å². The molecule has 2 N–H and O–H groups in total. The normalized spacial score (nSPS) is 20.9. The molecule has 0 unspecified atom stereocenters. The molecule has 2 aliphatic rings. The summed E-state index contributed by atoms with van der Waals surface area (Å²) in [6.45, 7) is 5.18. The third-order valence-corrected chi connectivity index (χ3v) is 4.82. The monoisotopic (exact) mass is 305 g/mol. The van der Waals surface area contributed by atoms with E-state index in [2.05, 4.69) is 10.00 Å². The van der Waals surface area contributed by atoms with Gasteiger partial charge in [-0.2, -0.15) is 5.10 Å². The molecule has 0 aromatic carbocycles. The Kier molecular flexibility index (Phi) is 3.90. The maximum atomic E-state index is 12.4. The second-order valence-corrected chi connectivity index (χ2v) is 6.37. The zero-order valence-electron chi connectivity index (χ0n) is 13.2. The zero-order chi connectivity index (χ0) is 15.9. The number of carbonyl (C=O) groups excluding carboxylic acids is 2. The van der Waals surface area contributed by atoms with E-state index in [1.165, 1.54) is 0 Å². The molecule has 7 nitrogen and oxygen atoms in total. The second-order valence-electron chi connectivity index (χ2n) is 6.37. The topological polar surface area (TPSA) is 84.5 Å². The molecule has 120 valence electrons. The van der Waals surface area contributed by atoms with E-state index in [1.54, 1.807) is 11.7 Å². The van der Waals surface area contributed by atoms with E-state index in [0.717, 1.165) is 44.7 Å². The van der Waals surface area contributed by atoms with Crippen LogP contribution in [0.25, 0.3) is 0 Å². The van der Waals surface area contributed by atoms with E-state index in [4.69, 9.17) is 5.73 Å². The van der Waals surface area contributed by atoms with Crippen LogP contribution in [0.3, 0.4) is 0 Å². The first-order valence-corrected chi connectivity index (χ1v) is 7.79. The van der Waals surface area contributed by atoms with E-state index in [-0.39, 0.29) is 17.7 Å². The maximum absolute atomic E-state index is 12.4. The van der Waals surface area contributed by atoms with Crippen LogP contribution in [0, 0.1) is 12.8 Å². The highest BCUT2D eigenvalue weighted by molar-refractivity contribution is 5.93. The molecule has 0 saturated carbocycles. The lowest BCUT2D eigenvalue weighted by molar-refractivity contribution is -0.123. The highest BCUT2D eigenvalue weighted by atomic mass is 16.2. The van der Waals surface area contributed by atoms with Crippen molar-refractivity contribution >= 4 is 11.8 Å². The van der Waals surface area contributed by atoms with E-state index >= 15 is 0 Å². The fourth-order valence-electron chi connectivity index (χ4n) is 3.37. The first kappa shape index (κ1) is 15.0. The summed E-state index contributed by atoms with van der Waals surface area (Å²) in [4.78, 5) is 27.8. The van der Waals surface area contributed by atoms with Gasteiger partial charge in [0.05, 0.1) is 5.69 Å². The molecule has 3 rings (SSSR count). The Bertz CT molecular complexity index is 583. The van der Waals surface area contributed by atoms with Gasteiger partial charge in [-0.05, 0) is 38.9 Å². The number of hydrogen-bond donors (Lipinski definition) is 1. The van der Waals surface area contributed by atoms with Crippen molar-refractivity contribution in [3.8, 4) is 0 Å². The van der Waals surface area contributed by atoms with Gasteiger partial charge in [-0.3, -0.25) is 19.2 Å². The molecule has 1 aromatic rings. The Morgan fingerprint density at radius 3 is 2.41 bits per heavy atom. The minimum Gasteiger partial charge on any atom is -0.369 e. The molecule has 0 bridgehead atoms. The molecule has 3 heterocycles. The molecule has 7 heteroatoms. The SMILES string of the molecule is Cc1cc(C(=O)N2CC(N3CCC(C(N)=O)CC3)C2)n(C)n1. The molecule has 2 amide bonds. The maximum Gasteiger partial charge on any atom is 0.272 e. The molecule has 0 aliphatic carbocycles. The van der Waals surface area contributed by atoms with Crippen molar-refractivity contribution in [3.05, 3.63) is 17.5 Å². The van der Waals surface area contributed by atoms with Gasteiger partial charge in [0.2, 0.25) is 5.91 Å². The molecule has 1 aromatic heterocycles. The summed E-state index contributed by atoms with van der Waals surface area (Å²) >= 11 is 0. The Balaban J connectivity index is 1.51. The van der Waals surface area contributed by atoms with Gasteiger partial charge in [-0.1, -0.05) is 0 Å². The first-order valence-electron chi connectivity index (χ1n) is 7.79. The fraction of sp³-hybridized carbons (Fsp3) is 0.667. The number of nitrogens with zero attached hydrogens (tertiary/aromatic N) is 4. The number of primary amides is 1. The largest absolute Gasteiger partial charge is 0.369 e. The summed E-state index contributed by atoms with van der Waals surface area (Å²) in [5.41, 5.74) is 6.86. The van der Waals surface area contributed by atoms with Crippen LogP contribution in [0.1, 0.15) is 29.0 Å². The lowest BCUT2D eigenvalue weighted by atomic mass is 9.93. The first-order chi connectivity index (χ1) is 10.5. The van der Waals surface area contributed by atoms with Crippen LogP contribution < -0.4 is 5.73 Å². The predicted octanol–water partition coefficient (Wildman–Crippen LogP) is -0.250. The molecular weight excluding hydrogens is 282 g/mol. The molecule has 0 atom stereocenters. The summed E-state index contributed by atoms with van der Waals surface area (Å²) < 4.78 is 1.64. The van der Waals surface area contributed by atoms with E-state index in [9.17, 15) is 9.59 Å². The average Bonchev–Trinajstić information content (AvgIpc) is 2.76. The van der Waals surface area contributed by atoms with Gasteiger partial charge >= 0.3 is 0 Å². The van der Waals surface area contributed by atoms with Crippen molar-refractivity contribution in [1.29, 1.82) is 0 Å². The van der Waals surface area contributed by atoms with Gasteiger partial charge in [0.1, 0.15) is 5.69 Å². The van der Waals surface area contributed by atoms with Crippen LogP contribution >= 0.6 is 0 Å². The number of rotatable bonds is 3. The van der Waals surface area contributed by atoms with Crippen molar-refractivity contribution in [3.63, 3.8) is 0 Å². The molecule has 2 saturated heterocycles. The van der Waals surface area contributed by atoms with Crippen LogP contribution in [-0.4, -0.2) is 63.6 Å². The van der Waals surface area contributed by atoms with Crippen LogP contribution in [-0.2, 0) is 11.8 Å². The number of amides is 2. The Morgan fingerprint density at radius 1 is 1.27 bits per heavy atom. The van der Waals surface area contributed by atoms with Gasteiger partial charge < -0.3 is 10.6 Å². The smallest absolute Gasteiger partial charge is 0.272 e. The van der Waals surface area contributed by atoms with Crippen LogP contribution in [0.2, 0.25) is 0 Å². The second kappa shape index (κ2) is 5.72. The number of aryl methyl sites for hydroxylation is 2. The van der Waals surface area contributed by atoms with Crippen molar-refractivity contribution < 1.29 is 9.59 Å². The van der Waals surface area contributed by atoms with Gasteiger partial charge in [-0.15, -0.1) is 0 Å². The van der Waals surface area contributed by atoms with Crippen LogP contribution in [0.15, 0.2) is 6.07 Å². The minimum atomic E-state index is -0.184. The van der Waals surface area contributed by atoms with E-state index in [1.807, 2.05) is 17.9 Å². The third kappa shape index (κ3) is 2.72.